The van der Waals surface area contributed by atoms with E-state index in [1.807, 2.05) is 91.0 Å². The highest BCUT2D eigenvalue weighted by Gasteiger charge is 2.40. The largest absolute Gasteiger partial charge is 0.325 e. The zero-order valence-corrected chi connectivity index (χ0v) is 16.4. The van der Waals surface area contributed by atoms with Gasteiger partial charge in [0.25, 0.3) is 11.8 Å². The first-order valence-corrected chi connectivity index (χ1v) is 9.84. The zero-order valence-electron chi connectivity index (χ0n) is 16.4. The fraction of sp³-hybridized carbons (Fsp3) is 0.0769. The van der Waals surface area contributed by atoms with Gasteiger partial charge >= 0.3 is 0 Å². The highest BCUT2D eigenvalue weighted by atomic mass is 16.2. The van der Waals surface area contributed by atoms with E-state index in [4.69, 9.17) is 0 Å². The Morgan fingerprint density at radius 2 is 1.10 bits per heavy atom. The van der Waals surface area contributed by atoms with Crippen LogP contribution in [0.5, 0.6) is 0 Å². The molecule has 4 nitrogen and oxygen atoms in total. The van der Waals surface area contributed by atoms with E-state index in [-0.39, 0.29) is 17.7 Å². The summed E-state index contributed by atoms with van der Waals surface area (Å²) in [5.74, 6) is -0.793. The maximum absolute atomic E-state index is 13.1. The zero-order chi connectivity index (χ0) is 20.8. The van der Waals surface area contributed by atoms with Gasteiger partial charge < -0.3 is 10.6 Å². The molecule has 0 aromatic heterocycles. The van der Waals surface area contributed by atoms with Crippen molar-refractivity contribution < 1.29 is 9.59 Å². The van der Waals surface area contributed by atoms with Crippen molar-refractivity contribution >= 4 is 11.8 Å². The lowest BCUT2D eigenvalue weighted by molar-refractivity contribution is 0.0828. The van der Waals surface area contributed by atoms with Crippen LogP contribution in [0.25, 0.3) is 0 Å². The summed E-state index contributed by atoms with van der Waals surface area (Å²) in [6.45, 7) is 0. The predicted molar refractivity (Wildman–Crippen MR) is 118 cm³/mol. The van der Waals surface area contributed by atoms with Crippen LogP contribution in [0.4, 0.5) is 0 Å². The number of carbonyl (C=O) groups is 2. The van der Waals surface area contributed by atoms with Crippen molar-refractivity contribution in [2.75, 3.05) is 0 Å². The summed E-state index contributed by atoms with van der Waals surface area (Å²) in [5, 5.41) is 6.18. The SMILES string of the molecule is O=C(NC1(NC(=O)c2ccccc2)C=CC=CC1c1ccccc1)c1ccccc1. The van der Waals surface area contributed by atoms with Gasteiger partial charge in [-0.1, -0.05) is 85.0 Å². The van der Waals surface area contributed by atoms with Gasteiger partial charge in [-0.2, -0.15) is 0 Å². The molecule has 30 heavy (non-hydrogen) atoms. The minimum absolute atomic E-state index is 0.259. The molecule has 1 atom stereocenters. The summed E-state index contributed by atoms with van der Waals surface area (Å²) >= 11 is 0. The third-order valence-corrected chi connectivity index (χ3v) is 5.14. The molecule has 4 heteroatoms. The van der Waals surface area contributed by atoms with Crippen LogP contribution in [-0.2, 0) is 0 Å². The van der Waals surface area contributed by atoms with Crippen LogP contribution in [0.2, 0.25) is 0 Å². The Bertz CT molecular complexity index is 1020. The van der Waals surface area contributed by atoms with Crippen molar-refractivity contribution in [1.82, 2.24) is 10.6 Å². The number of benzene rings is 3. The Morgan fingerprint density at radius 3 is 1.60 bits per heavy atom. The molecule has 3 aromatic carbocycles. The van der Waals surface area contributed by atoms with Gasteiger partial charge in [0, 0.05) is 17.0 Å². The van der Waals surface area contributed by atoms with Crippen molar-refractivity contribution in [3.8, 4) is 0 Å². The third kappa shape index (κ3) is 4.08. The first-order valence-electron chi connectivity index (χ1n) is 9.84. The number of nitrogens with one attached hydrogen (secondary N) is 2. The molecule has 1 aliphatic carbocycles. The van der Waals surface area contributed by atoms with Gasteiger partial charge in [-0.3, -0.25) is 9.59 Å². The summed E-state index contributed by atoms with van der Waals surface area (Å²) in [4.78, 5) is 26.2. The molecule has 3 aromatic rings. The number of allylic oxidation sites excluding steroid dienone is 2. The topological polar surface area (TPSA) is 58.2 Å². The number of rotatable bonds is 5. The lowest BCUT2D eigenvalue weighted by Gasteiger charge is -2.40. The smallest absolute Gasteiger partial charge is 0.253 e. The van der Waals surface area contributed by atoms with E-state index < -0.39 is 5.66 Å². The molecule has 0 fully saturated rings. The van der Waals surface area contributed by atoms with Crippen LogP contribution in [-0.4, -0.2) is 17.5 Å². The lowest BCUT2D eigenvalue weighted by atomic mass is 9.82. The van der Waals surface area contributed by atoms with Crippen molar-refractivity contribution in [2.45, 2.75) is 11.6 Å². The quantitative estimate of drug-likeness (QED) is 0.628. The Morgan fingerprint density at radius 1 is 0.633 bits per heavy atom. The van der Waals surface area contributed by atoms with Gasteiger partial charge in [0.1, 0.15) is 5.66 Å². The Hall–Kier alpha value is -3.92. The molecular weight excluding hydrogens is 372 g/mol. The number of amides is 2. The maximum atomic E-state index is 13.1. The number of carbonyl (C=O) groups excluding carboxylic acids is 2. The van der Waals surface area contributed by atoms with Crippen LogP contribution >= 0.6 is 0 Å². The Balaban J connectivity index is 1.73. The third-order valence-electron chi connectivity index (χ3n) is 5.14. The second kappa shape index (κ2) is 8.62. The summed E-state index contributed by atoms with van der Waals surface area (Å²) in [6, 6.07) is 27.8. The summed E-state index contributed by atoms with van der Waals surface area (Å²) in [7, 11) is 0. The van der Waals surface area contributed by atoms with Crippen LogP contribution in [0.3, 0.4) is 0 Å². The highest BCUT2D eigenvalue weighted by Crippen LogP contribution is 2.32. The summed E-state index contributed by atoms with van der Waals surface area (Å²) in [6.07, 6.45) is 7.60. The first kappa shape index (κ1) is 19.4. The molecule has 0 saturated carbocycles. The minimum atomic E-state index is -1.12. The highest BCUT2D eigenvalue weighted by molar-refractivity contribution is 5.98. The molecule has 2 amide bonds. The van der Waals surface area contributed by atoms with Gasteiger partial charge in [0.2, 0.25) is 0 Å². The van der Waals surface area contributed by atoms with Crippen molar-refractivity contribution in [3.63, 3.8) is 0 Å². The van der Waals surface area contributed by atoms with Gasteiger partial charge in [-0.15, -0.1) is 0 Å². The average Bonchev–Trinajstić information content (AvgIpc) is 2.81. The van der Waals surface area contributed by atoms with Crippen LogP contribution in [0, 0.1) is 0 Å². The van der Waals surface area contributed by atoms with E-state index in [0.29, 0.717) is 11.1 Å². The van der Waals surface area contributed by atoms with Crippen LogP contribution in [0.15, 0.2) is 115 Å². The van der Waals surface area contributed by atoms with Crippen molar-refractivity contribution in [3.05, 3.63) is 132 Å². The molecule has 0 radical (unpaired) electrons. The lowest BCUT2D eigenvalue weighted by Crippen LogP contribution is -2.63. The van der Waals surface area contributed by atoms with E-state index in [0.717, 1.165) is 5.56 Å². The predicted octanol–water partition coefficient (Wildman–Crippen LogP) is 4.45. The van der Waals surface area contributed by atoms with Gasteiger partial charge in [-0.25, -0.2) is 0 Å². The molecule has 1 unspecified atom stereocenters. The molecule has 0 saturated heterocycles. The first-order chi connectivity index (χ1) is 14.7. The van der Waals surface area contributed by atoms with E-state index in [9.17, 15) is 9.59 Å². The standard InChI is InChI=1S/C26H22N2O2/c29-24(21-14-6-2-7-15-21)27-26(28-25(30)22-16-8-3-9-17-22)19-11-10-18-23(26)20-12-4-1-5-13-20/h1-19,23H,(H,27,29)(H,28,30). The summed E-state index contributed by atoms with van der Waals surface area (Å²) < 4.78 is 0. The van der Waals surface area contributed by atoms with Crippen LogP contribution < -0.4 is 10.6 Å². The average molecular weight is 394 g/mol. The summed E-state index contributed by atoms with van der Waals surface area (Å²) in [5.41, 5.74) is 0.927. The molecule has 0 aliphatic heterocycles. The molecule has 2 N–H and O–H groups in total. The molecule has 1 aliphatic rings. The normalized spacial score (nSPS) is 16.6. The van der Waals surface area contributed by atoms with Gasteiger partial charge in [0.15, 0.2) is 0 Å². The van der Waals surface area contributed by atoms with E-state index in [1.165, 1.54) is 0 Å². The Labute approximate surface area is 176 Å². The second-order valence-corrected chi connectivity index (χ2v) is 7.14. The minimum Gasteiger partial charge on any atom is -0.325 e. The molecule has 4 rings (SSSR count). The molecule has 0 spiro atoms. The van der Waals surface area contributed by atoms with Crippen molar-refractivity contribution in [1.29, 1.82) is 0 Å². The molecule has 0 heterocycles. The molecule has 0 bridgehead atoms. The van der Waals surface area contributed by atoms with Crippen LogP contribution in [0.1, 0.15) is 32.2 Å². The van der Waals surface area contributed by atoms with Gasteiger partial charge in [0.05, 0.1) is 0 Å². The maximum Gasteiger partial charge on any atom is 0.253 e. The molecule has 148 valence electrons. The second-order valence-electron chi connectivity index (χ2n) is 7.14. The van der Waals surface area contributed by atoms with Crippen molar-refractivity contribution in [2.24, 2.45) is 0 Å². The number of hydrogen-bond donors (Lipinski definition) is 2. The molecular formula is C26H22N2O2. The fourth-order valence-electron chi connectivity index (χ4n) is 3.64. The number of hydrogen-bond acceptors (Lipinski definition) is 2. The fourth-order valence-corrected chi connectivity index (χ4v) is 3.64. The monoisotopic (exact) mass is 394 g/mol. The Kier molecular flexibility index (Phi) is 5.57. The van der Waals surface area contributed by atoms with E-state index >= 15 is 0 Å². The van der Waals surface area contributed by atoms with Gasteiger partial charge in [-0.05, 0) is 35.9 Å². The van der Waals surface area contributed by atoms with E-state index in [1.54, 1.807) is 24.3 Å². The van der Waals surface area contributed by atoms with E-state index in [2.05, 4.69) is 10.6 Å².